The summed E-state index contributed by atoms with van der Waals surface area (Å²) in [5.74, 6) is 0. The van der Waals surface area contributed by atoms with E-state index in [2.05, 4.69) is 0 Å². The predicted octanol–water partition coefficient (Wildman–Crippen LogP) is 1.57. The molecule has 0 heterocycles. The van der Waals surface area contributed by atoms with Crippen LogP contribution in [0.5, 0.6) is 0 Å². The van der Waals surface area contributed by atoms with Gasteiger partial charge >= 0.3 is 0 Å². The topological polar surface area (TPSA) is 53.7 Å². The lowest BCUT2D eigenvalue weighted by Gasteiger charge is -2.31. The lowest BCUT2D eigenvalue weighted by atomic mass is 10.0. The highest BCUT2D eigenvalue weighted by molar-refractivity contribution is 4.74. The number of hydrogen-bond acceptors (Lipinski definition) is 4. The minimum Gasteiger partial charge on any atom is -0.382 e. The Morgan fingerprint density at radius 3 is 2.06 bits per heavy atom. The summed E-state index contributed by atoms with van der Waals surface area (Å²) in [5, 5.41) is 0. The van der Waals surface area contributed by atoms with Crippen LogP contribution in [0.3, 0.4) is 0 Å². The number of ether oxygens (including phenoxy) is 3. The molecular weight excluding hydrogens is 206 g/mol. The maximum Gasteiger partial charge on any atom is 0.0860 e. The van der Waals surface area contributed by atoms with Crippen LogP contribution in [-0.2, 0) is 14.2 Å². The fraction of sp³-hybridized carbons (Fsp3) is 1.00. The first kappa shape index (κ1) is 15.8. The molecule has 0 aliphatic carbocycles. The van der Waals surface area contributed by atoms with Crippen molar-refractivity contribution in [3.63, 3.8) is 0 Å². The van der Waals surface area contributed by atoms with Crippen LogP contribution in [0.25, 0.3) is 0 Å². The van der Waals surface area contributed by atoms with Gasteiger partial charge in [0, 0.05) is 7.11 Å². The number of hydrogen-bond donors (Lipinski definition) is 1. The SMILES string of the molecule is COCCOC(C)(C)COC(C)(C)CCN. The Balaban J connectivity index is 3.87. The molecule has 98 valence electrons. The summed E-state index contributed by atoms with van der Waals surface area (Å²) in [6, 6.07) is 0. The molecule has 0 atom stereocenters. The van der Waals surface area contributed by atoms with Gasteiger partial charge in [0.2, 0.25) is 0 Å². The smallest absolute Gasteiger partial charge is 0.0860 e. The fourth-order valence-corrected chi connectivity index (χ4v) is 1.23. The summed E-state index contributed by atoms with van der Waals surface area (Å²) in [7, 11) is 1.66. The van der Waals surface area contributed by atoms with Gasteiger partial charge in [-0.1, -0.05) is 0 Å². The Morgan fingerprint density at radius 2 is 1.56 bits per heavy atom. The van der Waals surface area contributed by atoms with E-state index in [1.807, 2.05) is 27.7 Å². The average Bonchev–Trinajstić information content (AvgIpc) is 2.16. The van der Waals surface area contributed by atoms with Gasteiger partial charge < -0.3 is 19.9 Å². The fourth-order valence-electron chi connectivity index (χ4n) is 1.23. The standard InChI is InChI=1S/C12H27NO3/c1-11(2,6-7-13)16-10-12(3,4)15-9-8-14-5/h6-10,13H2,1-5H3. The molecule has 0 aromatic heterocycles. The quantitative estimate of drug-likeness (QED) is 0.614. The van der Waals surface area contributed by atoms with E-state index in [1.165, 1.54) is 0 Å². The minimum absolute atomic E-state index is 0.184. The second kappa shape index (κ2) is 7.22. The summed E-state index contributed by atoms with van der Waals surface area (Å²) in [5.41, 5.74) is 5.05. The normalized spacial score (nSPS) is 13.1. The number of methoxy groups -OCH3 is 1. The molecular formula is C12H27NO3. The summed E-state index contributed by atoms with van der Waals surface area (Å²) >= 11 is 0. The van der Waals surface area contributed by atoms with Crippen molar-refractivity contribution in [3.05, 3.63) is 0 Å². The van der Waals surface area contributed by atoms with Crippen molar-refractivity contribution < 1.29 is 14.2 Å². The molecule has 0 bridgehead atoms. The molecule has 0 amide bonds. The van der Waals surface area contributed by atoms with Gasteiger partial charge in [-0.3, -0.25) is 0 Å². The second-order valence-corrected chi connectivity index (χ2v) is 5.19. The molecule has 16 heavy (non-hydrogen) atoms. The number of rotatable bonds is 9. The van der Waals surface area contributed by atoms with Gasteiger partial charge in [-0.15, -0.1) is 0 Å². The van der Waals surface area contributed by atoms with Crippen LogP contribution in [0.15, 0.2) is 0 Å². The van der Waals surface area contributed by atoms with E-state index in [0.717, 1.165) is 6.42 Å². The molecule has 0 saturated carbocycles. The van der Waals surface area contributed by atoms with Crippen molar-refractivity contribution >= 4 is 0 Å². The number of nitrogens with two attached hydrogens (primary N) is 1. The monoisotopic (exact) mass is 233 g/mol. The predicted molar refractivity (Wildman–Crippen MR) is 65.6 cm³/mol. The van der Waals surface area contributed by atoms with Crippen molar-refractivity contribution in [1.82, 2.24) is 0 Å². The molecule has 0 spiro atoms. The van der Waals surface area contributed by atoms with Crippen LogP contribution in [-0.4, -0.2) is 44.7 Å². The van der Waals surface area contributed by atoms with E-state index >= 15 is 0 Å². The molecule has 0 fully saturated rings. The van der Waals surface area contributed by atoms with Gasteiger partial charge in [0.05, 0.1) is 31.0 Å². The van der Waals surface area contributed by atoms with Crippen molar-refractivity contribution in [2.24, 2.45) is 5.73 Å². The summed E-state index contributed by atoms with van der Waals surface area (Å²) in [6.45, 7) is 10.5. The first-order valence-electron chi connectivity index (χ1n) is 5.80. The van der Waals surface area contributed by atoms with Gasteiger partial charge in [-0.05, 0) is 40.7 Å². The van der Waals surface area contributed by atoms with Crippen molar-refractivity contribution in [1.29, 1.82) is 0 Å². The van der Waals surface area contributed by atoms with Gasteiger partial charge in [0.25, 0.3) is 0 Å². The lowest BCUT2D eigenvalue weighted by Crippen LogP contribution is -2.38. The third-order valence-electron chi connectivity index (χ3n) is 2.34. The van der Waals surface area contributed by atoms with E-state index in [9.17, 15) is 0 Å². The first-order valence-corrected chi connectivity index (χ1v) is 5.80. The highest BCUT2D eigenvalue weighted by Gasteiger charge is 2.24. The molecule has 0 aromatic rings. The van der Waals surface area contributed by atoms with Crippen LogP contribution in [0.1, 0.15) is 34.1 Å². The second-order valence-electron chi connectivity index (χ2n) is 5.19. The summed E-state index contributed by atoms with van der Waals surface area (Å²) in [4.78, 5) is 0. The molecule has 0 aliphatic heterocycles. The van der Waals surface area contributed by atoms with Gasteiger partial charge in [-0.2, -0.15) is 0 Å². The highest BCUT2D eigenvalue weighted by atomic mass is 16.6. The minimum atomic E-state index is -0.287. The highest BCUT2D eigenvalue weighted by Crippen LogP contribution is 2.18. The molecule has 2 N–H and O–H groups in total. The lowest BCUT2D eigenvalue weighted by molar-refractivity contribution is -0.127. The molecule has 0 rings (SSSR count). The van der Waals surface area contributed by atoms with Crippen LogP contribution < -0.4 is 5.73 Å². The molecule has 0 saturated heterocycles. The Morgan fingerprint density at radius 1 is 0.938 bits per heavy atom. The Kier molecular flexibility index (Phi) is 7.15. The summed E-state index contributed by atoms with van der Waals surface area (Å²) in [6.07, 6.45) is 0.848. The Labute approximate surface area is 99.4 Å². The average molecular weight is 233 g/mol. The van der Waals surface area contributed by atoms with Crippen LogP contribution in [0, 0.1) is 0 Å². The van der Waals surface area contributed by atoms with Crippen LogP contribution in [0.4, 0.5) is 0 Å². The molecule has 4 nitrogen and oxygen atoms in total. The third kappa shape index (κ3) is 8.05. The molecule has 0 radical (unpaired) electrons. The van der Waals surface area contributed by atoms with Gasteiger partial charge in [-0.25, -0.2) is 0 Å². The summed E-state index contributed by atoms with van der Waals surface area (Å²) < 4.78 is 16.4. The van der Waals surface area contributed by atoms with E-state index in [-0.39, 0.29) is 11.2 Å². The Bertz CT molecular complexity index is 181. The molecule has 0 aromatic carbocycles. The first-order chi connectivity index (χ1) is 7.33. The van der Waals surface area contributed by atoms with Crippen molar-refractivity contribution in [3.8, 4) is 0 Å². The largest absolute Gasteiger partial charge is 0.382 e. The van der Waals surface area contributed by atoms with Gasteiger partial charge in [0.15, 0.2) is 0 Å². The maximum atomic E-state index is 5.82. The van der Waals surface area contributed by atoms with Crippen LogP contribution >= 0.6 is 0 Å². The van der Waals surface area contributed by atoms with E-state index in [4.69, 9.17) is 19.9 Å². The van der Waals surface area contributed by atoms with Crippen molar-refractivity contribution in [2.75, 3.05) is 33.5 Å². The van der Waals surface area contributed by atoms with E-state index < -0.39 is 0 Å². The van der Waals surface area contributed by atoms with E-state index in [0.29, 0.717) is 26.4 Å². The van der Waals surface area contributed by atoms with Crippen LogP contribution in [0.2, 0.25) is 0 Å². The van der Waals surface area contributed by atoms with E-state index in [1.54, 1.807) is 7.11 Å². The van der Waals surface area contributed by atoms with Gasteiger partial charge in [0.1, 0.15) is 0 Å². The maximum absolute atomic E-state index is 5.82. The Hall–Kier alpha value is -0.160. The zero-order chi connectivity index (χ0) is 12.7. The van der Waals surface area contributed by atoms with Crippen molar-refractivity contribution in [2.45, 2.75) is 45.3 Å². The third-order valence-corrected chi connectivity index (χ3v) is 2.34. The molecule has 4 heteroatoms. The zero-order valence-electron chi connectivity index (χ0n) is 11.3. The zero-order valence-corrected chi connectivity index (χ0v) is 11.3. The molecule has 0 aliphatic rings. The molecule has 0 unspecified atom stereocenters.